The number of hydrogen-bond donors (Lipinski definition) is 0. The number of thioether (sulfide) groups is 1. The third-order valence-electron chi connectivity index (χ3n) is 2.88. The van der Waals surface area contributed by atoms with Gasteiger partial charge >= 0.3 is 0 Å². The second kappa shape index (κ2) is 5.63. The largest absolute Gasteiger partial charge is 0.334 e. The van der Waals surface area contributed by atoms with Gasteiger partial charge in [0.15, 0.2) is 10.8 Å². The normalized spacial score (nSPS) is 11.3. The van der Waals surface area contributed by atoms with E-state index in [1.807, 2.05) is 17.5 Å². The molecular weight excluding hydrogens is 317 g/mol. The van der Waals surface area contributed by atoms with E-state index < -0.39 is 0 Å². The van der Waals surface area contributed by atoms with E-state index >= 15 is 0 Å². The maximum Gasteiger partial charge on any atom is 0.195 e. The molecule has 0 unspecified atom stereocenters. The Morgan fingerprint density at radius 3 is 2.90 bits per heavy atom. The molecule has 0 aliphatic carbocycles. The molecule has 0 saturated heterocycles. The van der Waals surface area contributed by atoms with Crippen molar-refractivity contribution < 1.29 is 0 Å². The molecule has 0 spiro atoms. The van der Waals surface area contributed by atoms with E-state index in [-0.39, 0.29) is 0 Å². The summed E-state index contributed by atoms with van der Waals surface area (Å²) >= 11 is 13.7. The summed E-state index contributed by atoms with van der Waals surface area (Å²) in [6, 6.07) is 1.66. The van der Waals surface area contributed by atoms with E-state index in [4.69, 9.17) is 23.2 Å². The van der Waals surface area contributed by atoms with Crippen molar-refractivity contribution in [2.24, 2.45) is 0 Å². The second-order valence-electron chi connectivity index (χ2n) is 4.20. The van der Waals surface area contributed by atoms with Crippen LogP contribution in [0.1, 0.15) is 5.82 Å². The van der Waals surface area contributed by atoms with E-state index in [0.717, 1.165) is 23.3 Å². The van der Waals surface area contributed by atoms with Gasteiger partial charge in [0.05, 0.1) is 10.0 Å². The number of halogens is 2. The lowest BCUT2D eigenvalue weighted by molar-refractivity contribution is 0.736. The van der Waals surface area contributed by atoms with Gasteiger partial charge in [-0.2, -0.15) is 0 Å². The molecular formula is C12H11Cl2N5S. The number of aryl methyl sites for hydroxylation is 2. The van der Waals surface area contributed by atoms with Crippen LogP contribution >= 0.6 is 35.0 Å². The van der Waals surface area contributed by atoms with Crippen molar-refractivity contribution in [3.05, 3.63) is 40.5 Å². The predicted octanol–water partition coefficient (Wildman–Crippen LogP) is 3.33. The highest BCUT2D eigenvalue weighted by Gasteiger charge is 2.10. The fourth-order valence-electron chi connectivity index (χ4n) is 1.88. The second-order valence-corrected chi connectivity index (χ2v) is 6.10. The van der Waals surface area contributed by atoms with Gasteiger partial charge in [-0.05, 0) is 13.0 Å². The Balaban J connectivity index is 1.76. The Bertz CT molecular complexity index is 751. The van der Waals surface area contributed by atoms with Crippen LogP contribution in [0.25, 0.3) is 5.65 Å². The minimum Gasteiger partial charge on any atom is -0.334 e. The third-order valence-corrected chi connectivity index (χ3v) is 4.29. The molecule has 0 N–H and O–H groups in total. The smallest absolute Gasteiger partial charge is 0.195 e. The summed E-state index contributed by atoms with van der Waals surface area (Å²) in [5, 5.41) is 10.1. The standard InChI is InChI=1S/C12H11Cl2N5S/c1-8-15-2-3-18(8)4-5-20-12-17-16-11-10(14)6-9(13)7-19(11)12/h2-3,6-7H,4-5H2,1H3. The third kappa shape index (κ3) is 2.63. The molecule has 0 amide bonds. The molecule has 0 atom stereocenters. The molecule has 0 radical (unpaired) electrons. The summed E-state index contributed by atoms with van der Waals surface area (Å²) in [5.74, 6) is 1.87. The molecule has 0 saturated carbocycles. The van der Waals surface area contributed by atoms with E-state index in [2.05, 4.69) is 19.7 Å². The van der Waals surface area contributed by atoms with E-state index in [0.29, 0.717) is 15.7 Å². The zero-order chi connectivity index (χ0) is 14.1. The first-order chi connectivity index (χ1) is 9.65. The van der Waals surface area contributed by atoms with Crippen LogP contribution in [-0.2, 0) is 6.54 Å². The van der Waals surface area contributed by atoms with Crippen molar-refractivity contribution in [2.45, 2.75) is 18.6 Å². The Morgan fingerprint density at radius 2 is 2.15 bits per heavy atom. The van der Waals surface area contributed by atoms with Crippen LogP contribution in [0.3, 0.4) is 0 Å². The number of nitrogens with zero attached hydrogens (tertiary/aromatic N) is 5. The number of pyridine rings is 1. The molecule has 3 aromatic heterocycles. The summed E-state index contributed by atoms with van der Waals surface area (Å²) in [7, 11) is 0. The van der Waals surface area contributed by atoms with Crippen LogP contribution < -0.4 is 0 Å². The van der Waals surface area contributed by atoms with Gasteiger partial charge in [0.2, 0.25) is 0 Å². The van der Waals surface area contributed by atoms with Gasteiger partial charge in [-0.1, -0.05) is 35.0 Å². The summed E-state index contributed by atoms with van der Waals surface area (Å²) in [4.78, 5) is 4.19. The molecule has 0 aliphatic heterocycles. The monoisotopic (exact) mass is 327 g/mol. The molecule has 3 rings (SSSR count). The van der Waals surface area contributed by atoms with E-state index in [1.165, 1.54) is 0 Å². The Morgan fingerprint density at radius 1 is 1.30 bits per heavy atom. The Hall–Kier alpha value is -1.24. The number of hydrogen-bond acceptors (Lipinski definition) is 4. The number of fused-ring (bicyclic) bond motifs is 1. The van der Waals surface area contributed by atoms with Crippen molar-refractivity contribution >= 4 is 40.6 Å². The molecule has 104 valence electrons. The highest BCUT2D eigenvalue weighted by atomic mass is 35.5. The first kappa shape index (κ1) is 13.7. The fraction of sp³-hybridized carbons (Fsp3) is 0.250. The van der Waals surface area contributed by atoms with E-state index in [1.54, 1.807) is 30.2 Å². The Kier molecular flexibility index (Phi) is 3.87. The van der Waals surface area contributed by atoms with Gasteiger partial charge in [-0.25, -0.2) is 4.98 Å². The van der Waals surface area contributed by atoms with Crippen LogP contribution in [-0.4, -0.2) is 29.9 Å². The quantitative estimate of drug-likeness (QED) is 0.689. The van der Waals surface area contributed by atoms with Gasteiger partial charge in [0, 0.05) is 30.9 Å². The molecule has 3 heterocycles. The van der Waals surface area contributed by atoms with Crippen LogP contribution in [0.4, 0.5) is 0 Å². The summed E-state index contributed by atoms with van der Waals surface area (Å²) < 4.78 is 3.91. The summed E-state index contributed by atoms with van der Waals surface area (Å²) in [6.07, 6.45) is 5.53. The van der Waals surface area contributed by atoms with E-state index in [9.17, 15) is 0 Å². The van der Waals surface area contributed by atoms with Crippen LogP contribution in [0.15, 0.2) is 29.8 Å². The zero-order valence-electron chi connectivity index (χ0n) is 10.6. The molecule has 0 bridgehead atoms. The average molecular weight is 328 g/mol. The number of rotatable bonds is 4. The Labute approximate surface area is 129 Å². The van der Waals surface area contributed by atoms with Crippen LogP contribution in [0.5, 0.6) is 0 Å². The summed E-state index contributed by atoms with van der Waals surface area (Å²) in [5.41, 5.74) is 0.623. The zero-order valence-corrected chi connectivity index (χ0v) is 13.0. The summed E-state index contributed by atoms with van der Waals surface area (Å²) in [6.45, 7) is 2.84. The lowest BCUT2D eigenvalue weighted by Gasteiger charge is -2.04. The first-order valence-electron chi connectivity index (χ1n) is 5.95. The minimum atomic E-state index is 0.502. The lowest BCUT2D eigenvalue weighted by Crippen LogP contribution is -2.02. The molecule has 8 heteroatoms. The van der Waals surface area contributed by atoms with Gasteiger partial charge in [-0.15, -0.1) is 10.2 Å². The van der Waals surface area contributed by atoms with Gasteiger partial charge in [0.1, 0.15) is 5.82 Å². The van der Waals surface area contributed by atoms with Crippen LogP contribution in [0.2, 0.25) is 10.0 Å². The minimum absolute atomic E-state index is 0.502. The topological polar surface area (TPSA) is 48.0 Å². The average Bonchev–Trinajstić information content (AvgIpc) is 2.97. The lowest BCUT2D eigenvalue weighted by atomic mass is 10.5. The SMILES string of the molecule is Cc1nccn1CCSc1nnc2c(Cl)cc(Cl)cn12. The number of imidazole rings is 1. The van der Waals surface area contributed by atoms with Gasteiger partial charge < -0.3 is 4.57 Å². The molecule has 0 aromatic carbocycles. The highest BCUT2D eigenvalue weighted by Crippen LogP contribution is 2.25. The van der Waals surface area contributed by atoms with Crippen molar-refractivity contribution in [3.8, 4) is 0 Å². The first-order valence-corrected chi connectivity index (χ1v) is 7.69. The predicted molar refractivity (Wildman–Crippen MR) is 80.7 cm³/mol. The number of aromatic nitrogens is 5. The van der Waals surface area contributed by atoms with Crippen molar-refractivity contribution in [1.82, 2.24) is 24.1 Å². The van der Waals surface area contributed by atoms with Crippen molar-refractivity contribution in [1.29, 1.82) is 0 Å². The molecule has 0 fully saturated rings. The maximum atomic E-state index is 6.08. The maximum absolute atomic E-state index is 6.08. The molecule has 0 aliphatic rings. The fourth-order valence-corrected chi connectivity index (χ4v) is 3.23. The van der Waals surface area contributed by atoms with Crippen molar-refractivity contribution in [3.63, 3.8) is 0 Å². The van der Waals surface area contributed by atoms with Gasteiger partial charge in [-0.3, -0.25) is 4.40 Å². The van der Waals surface area contributed by atoms with Gasteiger partial charge in [0.25, 0.3) is 0 Å². The molecule has 5 nitrogen and oxygen atoms in total. The highest BCUT2D eigenvalue weighted by molar-refractivity contribution is 7.99. The van der Waals surface area contributed by atoms with Crippen molar-refractivity contribution in [2.75, 3.05) is 5.75 Å². The molecule has 3 aromatic rings. The molecule has 20 heavy (non-hydrogen) atoms. The van der Waals surface area contributed by atoms with Crippen LogP contribution in [0, 0.1) is 6.92 Å².